The highest BCUT2D eigenvalue weighted by molar-refractivity contribution is 9.10. The van der Waals surface area contributed by atoms with Crippen LogP contribution in [0.1, 0.15) is 12.0 Å². The summed E-state index contributed by atoms with van der Waals surface area (Å²) in [5.41, 5.74) is 0.754. The maximum atomic E-state index is 13.3. The second-order valence-corrected chi connectivity index (χ2v) is 4.42. The molecule has 1 aromatic carbocycles. The van der Waals surface area contributed by atoms with Crippen LogP contribution in [0.2, 0.25) is 0 Å². The van der Waals surface area contributed by atoms with Crippen LogP contribution in [-0.2, 0) is 11.2 Å². The minimum Gasteiger partial charge on any atom is -0.494 e. The number of methoxy groups -OCH3 is 1. The molecule has 0 amide bonds. The normalized spacial score (nSPS) is 12.2. The average molecular weight is 291 g/mol. The smallest absolute Gasteiger partial charge is 0.317 e. The van der Waals surface area contributed by atoms with E-state index in [1.807, 2.05) is 0 Å². The number of benzene rings is 1. The Bertz CT molecular complexity index is 381. The van der Waals surface area contributed by atoms with E-state index in [0.29, 0.717) is 12.8 Å². The van der Waals surface area contributed by atoms with Gasteiger partial charge >= 0.3 is 5.97 Å². The number of rotatable bonds is 5. The van der Waals surface area contributed by atoms with Gasteiger partial charge in [-0.25, -0.2) is 4.39 Å². The number of carbonyl (C=O) groups is 1. The summed E-state index contributed by atoms with van der Waals surface area (Å²) in [7, 11) is 1.40. The van der Waals surface area contributed by atoms with Crippen molar-refractivity contribution in [3.8, 4) is 5.75 Å². The first-order valence-corrected chi connectivity index (χ1v) is 5.65. The van der Waals surface area contributed by atoms with Gasteiger partial charge in [-0.3, -0.25) is 4.79 Å². The molecule has 0 radical (unpaired) electrons. The monoisotopic (exact) mass is 290 g/mol. The standard InChI is InChI=1S/C11H12BrFO3/c1-16-10-5-3-7(6-9(10)13)2-4-8(12)11(14)15/h3,5-6,8H,2,4H2,1H3,(H,14,15). The fourth-order valence-corrected chi connectivity index (χ4v) is 1.51. The van der Waals surface area contributed by atoms with Crippen LogP contribution in [0.5, 0.6) is 5.75 Å². The highest BCUT2D eigenvalue weighted by Crippen LogP contribution is 2.19. The average Bonchev–Trinajstić information content (AvgIpc) is 2.25. The molecule has 0 bridgehead atoms. The molecule has 5 heteroatoms. The van der Waals surface area contributed by atoms with Crippen LogP contribution in [-0.4, -0.2) is 23.0 Å². The van der Waals surface area contributed by atoms with Gasteiger partial charge in [-0.1, -0.05) is 22.0 Å². The molecule has 0 aromatic heterocycles. The maximum absolute atomic E-state index is 13.3. The number of halogens is 2. The summed E-state index contributed by atoms with van der Waals surface area (Å²) in [5, 5.41) is 8.66. The fraction of sp³-hybridized carbons (Fsp3) is 0.364. The summed E-state index contributed by atoms with van der Waals surface area (Å²) < 4.78 is 18.1. The van der Waals surface area contributed by atoms with E-state index in [1.165, 1.54) is 19.2 Å². The van der Waals surface area contributed by atoms with Gasteiger partial charge in [-0.05, 0) is 30.5 Å². The summed E-state index contributed by atoms with van der Waals surface area (Å²) in [6.45, 7) is 0. The number of carboxylic acid groups (broad SMARTS) is 1. The van der Waals surface area contributed by atoms with Crippen molar-refractivity contribution in [3.63, 3.8) is 0 Å². The van der Waals surface area contributed by atoms with E-state index in [4.69, 9.17) is 9.84 Å². The van der Waals surface area contributed by atoms with Crippen molar-refractivity contribution in [2.75, 3.05) is 7.11 Å². The SMILES string of the molecule is COc1ccc(CCC(Br)C(=O)O)cc1F. The number of aryl methyl sites for hydroxylation is 1. The third-order valence-electron chi connectivity index (χ3n) is 2.17. The summed E-state index contributed by atoms with van der Waals surface area (Å²) >= 11 is 3.03. The van der Waals surface area contributed by atoms with Gasteiger partial charge in [-0.15, -0.1) is 0 Å². The Balaban J connectivity index is 2.62. The van der Waals surface area contributed by atoms with Crippen LogP contribution in [0.4, 0.5) is 4.39 Å². The van der Waals surface area contributed by atoms with Crippen LogP contribution >= 0.6 is 15.9 Å². The summed E-state index contributed by atoms with van der Waals surface area (Å²) in [6, 6.07) is 4.62. The molecule has 1 atom stereocenters. The Kier molecular flexibility index (Phi) is 4.73. The van der Waals surface area contributed by atoms with Crippen molar-refractivity contribution >= 4 is 21.9 Å². The number of carboxylic acids is 1. The van der Waals surface area contributed by atoms with Gasteiger partial charge in [0.1, 0.15) is 4.83 Å². The van der Waals surface area contributed by atoms with Gasteiger partial charge in [0.2, 0.25) is 0 Å². The van der Waals surface area contributed by atoms with Crippen molar-refractivity contribution in [2.45, 2.75) is 17.7 Å². The van der Waals surface area contributed by atoms with Gasteiger partial charge in [0.15, 0.2) is 11.6 Å². The minimum atomic E-state index is -0.908. The molecule has 0 fully saturated rings. The van der Waals surface area contributed by atoms with Crippen LogP contribution in [0.25, 0.3) is 0 Å². The van der Waals surface area contributed by atoms with E-state index in [-0.39, 0.29) is 5.75 Å². The van der Waals surface area contributed by atoms with Crippen molar-refractivity contribution in [2.24, 2.45) is 0 Å². The Hall–Kier alpha value is -1.10. The van der Waals surface area contributed by atoms with Crippen LogP contribution < -0.4 is 4.74 Å². The van der Waals surface area contributed by atoms with Crippen molar-refractivity contribution in [3.05, 3.63) is 29.6 Å². The lowest BCUT2D eigenvalue weighted by Gasteiger charge is -2.06. The second kappa shape index (κ2) is 5.84. The number of hydrogen-bond donors (Lipinski definition) is 1. The molecule has 1 N–H and O–H groups in total. The first-order valence-electron chi connectivity index (χ1n) is 4.74. The van der Waals surface area contributed by atoms with Gasteiger partial charge in [0, 0.05) is 0 Å². The summed E-state index contributed by atoms with van der Waals surface area (Å²) in [4.78, 5) is 9.95. The molecule has 1 rings (SSSR count). The van der Waals surface area contributed by atoms with E-state index in [1.54, 1.807) is 6.07 Å². The van der Waals surface area contributed by atoms with Crippen molar-refractivity contribution < 1.29 is 19.0 Å². The molecule has 0 heterocycles. The molecular formula is C11H12BrFO3. The number of hydrogen-bond acceptors (Lipinski definition) is 2. The molecule has 0 aliphatic carbocycles. The van der Waals surface area contributed by atoms with E-state index < -0.39 is 16.6 Å². The fourth-order valence-electron chi connectivity index (χ4n) is 1.28. The number of aliphatic carboxylic acids is 1. The number of ether oxygens (including phenoxy) is 1. The zero-order chi connectivity index (χ0) is 12.1. The largest absolute Gasteiger partial charge is 0.494 e. The lowest BCUT2D eigenvalue weighted by molar-refractivity contribution is -0.136. The summed E-state index contributed by atoms with van der Waals surface area (Å²) in [5.74, 6) is -1.15. The van der Waals surface area contributed by atoms with Crippen LogP contribution in [0.3, 0.4) is 0 Å². The first-order chi connectivity index (χ1) is 7.54. The Morgan fingerprint density at radius 2 is 2.31 bits per heavy atom. The Labute approximate surface area is 101 Å². The van der Waals surface area contributed by atoms with E-state index in [2.05, 4.69) is 15.9 Å². The third-order valence-corrected chi connectivity index (χ3v) is 3.02. The molecule has 0 spiro atoms. The maximum Gasteiger partial charge on any atom is 0.317 e. The first kappa shape index (κ1) is 13.0. The lowest BCUT2D eigenvalue weighted by Crippen LogP contribution is -2.13. The zero-order valence-corrected chi connectivity index (χ0v) is 10.3. The highest BCUT2D eigenvalue weighted by atomic mass is 79.9. The quantitative estimate of drug-likeness (QED) is 0.848. The van der Waals surface area contributed by atoms with Crippen LogP contribution in [0.15, 0.2) is 18.2 Å². The van der Waals surface area contributed by atoms with E-state index in [0.717, 1.165) is 5.56 Å². The summed E-state index contributed by atoms with van der Waals surface area (Å²) in [6.07, 6.45) is 0.921. The van der Waals surface area contributed by atoms with E-state index in [9.17, 15) is 9.18 Å². The van der Waals surface area contributed by atoms with Gasteiger partial charge in [0.25, 0.3) is 0 Å². The Morgan fingerprint density at radius 3 is 2.81 bits per heavy atom. The molecule has 1 aromatic rings. The van der Waals surface area contributed by atoms with Crippen molar-refractivity contribution in [1.29, 1.82) is 0 Å². The van der Waals surface area contributed by atoms with Gasteiger partial charge in [-0.2, -0.15) is 0 Å². The highest BCUT2D eigenvalue weighted by Gasteiger charge is 2.13. The molecule has 0 saturated carbocycles. The van der Waals surface area contributed by atoms with Gasteiger partial charge < -0.3 is 9.84 Å². The molecule has 0 saturated heterocycles. The molecule has 0 aliphatic rings. The third kappa shape index (κ3) is 3.48. The van der Waals surface area contributed by atoms with Crippen LogP contribution in [0, 0.1) is 5.82 Å². The van der Waals surface area contributed by atoms with Gasteiger partial charge in [0.05, 0.1) is 7.11 Å². The molecular weight excluding hydrogens is 279 g/mol. The van der Waals surface area contributed by atoms with E-state index >= 15 is 0 Å². The molecule has 16 heavy (non-hydrogen) atoms. The predicted octanol–water partition coefficient (Wildman–Crippen LogP) is 2.62. The molecule has 0 aliphatic heterocycles. The molecule has 88 valence electrons. The molecule has 1 unspecified atom stereocenters. The second-order valence-electron chi connectivity index (χ2n) is 3.31. The van der Waals surface area contributed by atoms with Crippen molar-refractivity contribution in [1.82, 2.24) is 0 Å². The Morgan fingerprint density at radius 1 is 1.62 bits per heavy atom. The minimum absolute atomic E-state index is 0.192. The predicted molar refractivity (Wildman–Crippen MR) is 61.6 cm³/mol. The molecule has 3 nitrogen and oxygen atoms in total. The topological polar surface area (TPSA) is 46.5 Å². The lowest BCUT2D eigenvalue weighted by atomic mass is 10.1. The number of alkyl halides is 1. The zero-order valence-electron chi connectivity index (χ0n) is 8.74.